The van der Waals surface area contributed by atoms with E-state index in [0.29, 0.717) is 25.9 Å². The third-order valence-corrected chi connectivity index (χ3v) is 4.23. The first-order valence-electron chi connectivity index (χ1n) is 7.39. The molecular formula is C16H23N3O2. The maximum absolute atomic E-state index is 11.4. The van der Waals surface area contributed by atoms with Crippen LogP contribution in [0.1, 0.15) is 37.9 Å². The summed E-state index contributed by atoms with van der Waals surface area (Å²) in [5.74, 6) is -0.731. The molecule has 0 atom stereocenters. The Morgan fingerprint density at radius 3 is 2.67 bits per heavy atom. The van der Waals surface area contributed by atoms with Gasteiger partial charge in [0.1, 0.15) is 5.65 Å². The van der Waals surface area contributed by atoms with E-state index in [1.165, 1.54) is 5.56 Å². The van der Waals surface area contributed by atoms with Crippen molar-refractivity contribution in [1.82, 2.24) is 14.7 Å². The summed E-state index contributed by atoms with van der Waals surface area (Å²) in [5.41, 5.74) is 2.33. The predicted molar refractivity (Wildman–Crippen MR) is 82.3 cm³/mol. The van der Waals surface area contributed by atoms with Gasteiger partial charge in [-0.3, -0.25) is 4.79 Å². The number of pyridine rings is 1. The second-order valence-corrected chi connectivity index (χ2v) is 5.60. The van der Waals surface area contributed by atoms with Crippen molar-refractivity contribution < 1.29 is 9.90 Å². The third-order valence-electron chi connectivity index (χ3n) is 4.23. The largest absolute Gasteiger partial charge is 0.481 e. The predicted octanol–water partition coefficient (Wildman–Crippen LogP) is 2.62. The average molecular weight is 289 g/mol. The van der Waals surface area contributed by atoms with Gasteiger partial charge in [0.25, 0.3) is 0 Å². The van der Waals surface area contributed by atoms with Crippen molar-refractivity contribution in [2.75, 3.05) is 6.54 Å². The highest BCUT2D eigenvalue weighted by atomic mass is 16.4. The van der Waals surface area contributed by atoms with Gasteiger partial charge in [-0.2, -0.15) is 0 Å². The molecule has 0 amide bonds. The van der Waals surface area contributed by atoms with E-state index in [4.69, 9.17) is 0 Å². The van der Waals surface area contributed by atoms with Crippen LogP contribution in [0.15, 0.2) is 24.5 Å². The van der Waals surface area contributed by atoms with Crippen molar-refractivity contribution in [2.45, 2.75) is 40.2 Å². The standard InChI is InChI=1S/C16H23N3O2/c1-4-16(5-2,15(20)21)11-17-8-13-10-19-9-12(3)6-7-14(19)18-13/h6-7,9-10,17H,4-5,8,11H2,1-3H3,(H,20,21). The second-order valence-electron chi connectivity index (χ2n) is 5.60. The number of aromatic nitrogens is 2. The lowest BCUT2D eigenvalue weighted by Gasteiger charge is -2.26. The molecule has 2 rings (SSSR count). The molecule has 0 spiro atoms. The smallest absolute Gasteiger partial charge is 0.310 e. The van der Waals surface area contributed by atoms with Crippen LogP contribution in [0.4, 0.5) is 0 Å². The molecule has 2 aromatic heterocycles. The summed E-state index contributed by atoms with van der Waals surface area (Å²) in [6, 6.07) is 4.02. The zero-order chi connectivity index (χ0) is 15.5. The number of hydrogen-bond acceptors (Lipinski definition) is 3. The molecule has 21 heavy (non-hydrogen) atoms. The minimum atomic E-state index is -0.731. The molecule has 0 fully saturated rings. The number of rotatable bonds is 7. The first-order valence-corrected chi connectivity index (χ1v) is 7.39. The van der Waals surface area contributed by atoms with Crippen molar-refractivity contribution >= 4 is 11.6 Å². The normalized spacial score (nSPS) is 12.0. The van der Waals surface area contributed by atoms with Gasteiger partial charge < -0.3 is 14.8 Å². The number of carbonyl (C=O) groups is 1. The highest BCUT2D eigenvalue weighted by Gasteiger charge is 2.34. The number of nitrogens with zero attached hydrogens (tertiary/aromatic N) is 2. The number of fused-ring (bicyclic) bond motifs is 1. The average Bonchev–Trinajstić information content (AvgIpc) is 2.85. The van der Waals surface area contributed by atoms with Gasteiger partial charge in [0.2, 0.25) is 0 Å². The summed E-state index contributed by atoms with van der Waals surface area (Å²) in [6.45, 7) is 6.93. The summed E-state index contributed by atoms with van der Waals surface area (Å²) < 4.78 is 2.00. The van der Waals surface area contributed by atoms with Crippen LogP contribution in [0.25, 0.3) is 5.65 Å². The van der Waals surface area contributed by atoms with Gasteiger partial charge >= 0.3 is 5.97 Å². The van der Waals surface area contributed by atoms with E-state index in [-0.39, 0.29) is 0 Å². The van der Waals surface area contributed by atoms with Gasteiger partial charge in [0.15, 0.2) is 0 Å². The molecule has 114 valence electrons. The summed E-state index contributed by atoms with van der Waals surface area (Å²) >= 11 is 0. The van der Waals surface area contributed by atoms with Crippen molar-refractivity contribution in [3.8, 4) is 0 Å². The number of nitrogens with one attached hydrogen (secondary N) is 1. The zero-order valence-corrected chi connectivity index (χ0v) is 12.9. The number of aliphatic carboxylic acids is 1. The van der Waals surface area contributed by atoms with Gasteiger partial charge in [-0.1, -0.05) is 19.9 Å². The van der Waals surface area contributed by atoms with E-state index in [9.17, 15) is 9.90 Å². The number of aryl methyl sites for hydroxylation is 1. The second kappa shape index (κ2) is 6.26. The molecular weight excluding hydrogens is 266 g/mol. The van der Waals surface area contributed by atoms with Gasteiger partial charge in [0, 0.05) is 25.5 Å². The molecule has 5 heteroatoms. The Morgan fingerprint density at radius 2 is 2.05 bits per heavy atom. The monoisotopic (exact) mass is 289 g/mol. The SMILES string of the molecule is CCC(CC)(CNCc1cn2cc(C)ccc2n1)C(=O)O. The maximum Gasteiger partial charge on any atom is 0.310 e. The molecule has 2 aromatic rings. The summed E-state index contributed by atoms with van der Waals surface area (Å²) in [7, 11) is 0. The summed E-state index contributed by atoms with van der Waals surface area (Å²) in [4.78, 5) is 16.0. The molecule has 0 aromatic carbocycles. The molecule has 0 radical (unpaired) electrons. The quantitative estimate of drug-likeness (QED) is 0.822. The fraction of sp³-hybridized carbons (Fsp3) is 0.500. The molecule has 0 aliphatic heterocycles. The summed E-state index contributed by atoms with van der Waals surface area (Å²) in [6.07, 6.45) is 5.26. The highest BCUT2D eigenvalue weighted by Crippen LogP contribution is 2.25. The van der Waals surface area contributed by atoms with Crippen LogP contribution in [0.5, 0.6) is 0 Å². The zero-order valence-electron chi connectivity index (χ0n) is 12.9. The number of carboxylic acids is 1. The van der Waals surface area contributed by atoms with Crippen LogP contribution < -0.4 is 5.32 Å². The number of imidazole rings is 1. The van der Waals surface area contributed by atoms with Crippen LogP contribution in [0.2, 0.25) is 0 Å². The van der Waals surface area contributed by atoms with Crippen LogP contribution >= 0.6 is 0 Å². The van der Waals surface area contributed by atoms with Crippen molar-refractivity contribution in [2.24, 2.45) is 5.41 Å². The Morgan fingerprint density at radius 1 is 1.33 bits per heavy atom. The van der Waals surface area contributed by atoms with Gasteiger partial charge in [-0.25, -0.2) is 4.98 Å². The lowest BCUT2D eigenvalue weighted by atomic mass is 9.82. The fourth-order valence-corrected chi connectivity index (χ4v) is 2.55. The first-order chi connectivity index (χ1) is 10.0. The van der Waals surface area contributed by atoms with E-state index >= 15 is 0 Å². The number of hydrogen-bond donors (Lipinski definition) is 2. The lowest BCUT2D eigenvalue weighted by Crippen LogP contribution is -2.40. The molecule has 0 aliphatic carbocycles. The van der Waals surface area contributed by atoms with Crippen molar-refractivity contribution in [3.05, 3.63) is 35.8 Å². The van der Waals surface area contributed by atoms with Gasteiger partial charge in [0.05, 0.1) is 11.1 Å². The van der Waals surface area contributed by atoms with Crippen molar-refractivity contribution in [3.63, 3.8) is 0 Å². The number of carboxylic acid groups (broad SMARTS) is 1. The molecule has 5 nitrogen and oxygen atoms in total. The van der Waals surface area contributed by atoms with E-state index in [1.54, 1.807) is 0 Å². The molecule has 2 N–H and O–H groups in total. The van der Waals surface area contributed by atoms with E-state index < -0.39 is 11.4 Å². The Bertz CT molecular complexity index is 629. The highest BCUT2D eigenvalue weighted by molar-refractivity contribution is 5.74. The van der Waals surface area contributed by atoms with Crippen molar-refractivity contribution in [1.29, 1.82) is 0 Å². The van der Waals surface area contributed by atoms with E-state index in [0.717, 1.165) is 11.3 Å². The minimum Gasteiger partial charge on any atom is -0.481 e. The van der Waals surface area contributed by atoms with Crippen LogP contribution in [-0.2, 0) is 11.3 Å². The summed E-state index contributed by atoms with van der Waals surface area (Å²) in [5, 5.41) is 12.7. The fourth-order valence-electron chi connectivity index (χ4n) is 2.55. The maximum atomic E-state index is 11.4. The molecule has 0 unspecified atom stereocenters. The minimum absolute atomic E-state index is 0.461. The molecule has 0 saturated heterocycles. The third kappa shape index (κ3) is 3.24. The van der Waals surface area contributed by atoms with Gasteiger partial charge in [-0.15, -0.1) is 0 Å². The Balaban J connectivity index is 2.03. The molecule has 0 bridgehead atoms. The Kier molecular flexibility index (Phi) is 4.63. The Hall–Kier alpha value is -1.88. The van der Waals surface area contributed by atoms with E-state index in [2.05, 4.69) is 10.3 Å². The van der Waals surface area contributed by atoms with E-state index in [1.807, 2.05) is 49.7 Å². The molecule has 2 heterocycles. The Labute approximate surface area is 125 Å². The van der Waals surface area contributed by atoms with Crippen LogP contribution in [0, 0.1) is 12.3 Å². The lowest BCUT2D eigenvalue weighted by molar-refractivity contribution is -0.149. The van der Waals surface area contributed by atoms with Crippen LogP contribution in [0.3, 0.4) is 0 Å². The first kappa shape index (κ1) is 15.5. The molecule has 0 saturated carbocycles. The topological polar surface area (TPSA) is 66.6 Å². The van der Waals surface area contributed by atoms with Gasteiger partial charge in [-0.05, 0) is 31.4 Å². The molecule has 0 aliphatic rings. The van der Waals surface area contributed by atoms with Crippen LogP contribution in [-0.4, -0.2) is 27.0 Å².